The Balaban J connectivity index is 1.54. The van der Waals surface area contributed by atoms with Crippen LogP contribution >= 0.6 is 0 Å². The lowest BCUT2D eigenvalue weighted by Crippen LogP contribution is -2.48. The van der Waals surface area contributed by atoms with Crippen molar-refractivity contribution in [3.05, 3.63) is 42.5 Å². The summed E-state index contributed by atoms with van der Waals surface area (Å²) in [7, 11) is 0. The minimum Gasteiger partial charge on any atom is -0.381 e. The van der Waals surface area contributed by atoms with E-state index in [1.54, 1.807) is 0 Å². The van der Waals surface area contributed by atoms with Crippen LogP contribution in [0.1, 0.15) is 12.8 Å². The highest BCUT2D eigenvalue weighted by atomic mass is 16.5. The number of rotatable bonds is 5. The van der Waals surface area contributed by atoms with E-state index in [0.29, 0.717) is 13.2 Å². The van der Waals surface area contributed by atoms with Gasteiger partial charge in [0.2, 0.25) is 11.8 Å². The maximum Gasteiger partial charge on any atom is 0.243 e. The maximum absolute atomic E-state index is 12.2. The molecule has 1 aliphatic rings. The van der Waals surface area contributed by atoms with Crippen molar-refractivity contribution in [1.29, 1.82) is 0 Å². The summed E-state index contributed by atoms with van der Waals surface area (Å²) in [4.78, 5) is 24.3. The van der Waals surface area contributed by atoms with Gasteiger partial charge in [-0.1, -0.05) is 36.4 Å². The molecule has 25 heavy (non-hydrogen) atoms. The van der Waals surface area contributed by atoms with Gasteiger partial charge in [-0.25, -0.2) is 0 Å². The number of anilines is 1. The van der Waals surface area contributed by atoms with Crippen LogP contribution in [-0.2, 0) is 14.3 Å². The standard InChI is InChI=1S/C19H23N3O3/c20-18(14-8-10-25-11-9-14)19(24)21-12-17(23)22-16-7-3-5-13-4-1-2-6-15(13)16/h1-7,14,18H,8-12,20H2,(H,21,24)(H,22,23). The molecule has 0 radical (unpaired) electrons. The third kappa shape index (κ3) is 4.35. The van der Waals surface area contributed by atoms with Crippen molar-refractivity contribution in [3.63, 3.8) is 0 Å². The zero-order chi connectivity index (χ0) is 17.6. The van der Waals surface area contributed by atoms with Crippen LogP contribution in [0.5, 0.6) is 0 Å². The molecule has 1 atom stereocenters. The topological polar surface area (TPSA) is 93.5 Å². The summed E-state index contributed by atoms with van der Waals surface area (Å²) in [6, 6.07) is 12.9. The number of carbonyl (C=O) groups excluding carboxylic acids is 2. The highest BCUT2D eigenvalue weighted by Gasteiger charge is 2.26. The summed E-state index contributed by atoms with van der Waals surface area (Å²) in [6.45, 7) is 1.17. The Morgan fingerprint density at radius 1 is 1.12 bits per heavy atom. The van der Waals surface area contributed by atoms with Crippen molar-refractivity contribution in [2.45, 2.75) is 18.9 Å². The number of hydrogen-bond donors (Lipinski definition) is 3. The maximum atomic E-state index is 12.2. The van der Waals surface area contributed by atoms with Gasteiger partial charge in [0, 0.05) is 24.3 Å². The smallest absolute Gasteiger partial charge is 0.243 e. The Kier molecular flexibility index (Phi) is 5.63. The van der Waals surface area contributed by atoms with Crippen molar-refractivity contribution in [2.75, 3.05) is 25.1 Å². The Morgan fingerprint density at radius 2 is 1.84 bits per heavy atom. The summed E-state index contributed by atoms with van der Waals surface area (Å²) in [6.07, 6.45) is 1.55. The molecular formula is C19H23N3O3. The van der Waals surface area contributed by atoms with Crippen LogP contribution in [-0.4, -0.2) is 37.6 Å². The minimum absolute atomic E-state index is 0.0982. The van der Waals surface area contributed by atoms with Crippen molar-refractivity contribution < 1.29 is 14.3 Å². The van der Waals surface area contributed by atoms with Gasteiger partial charge in [0.1, 0.15) is 0 Å². The lowest BCUT2D eigenvalue weighted by Gasteiger charge is -2.26. The average Bonchev–Trinajstić information content (AvgIpc) is 2.66. The van der Waals surface area contributed by atoms with Gasteiger partial charge in [-0.3, -0.25) is 9.59 Å². The van der Waals surface area contributed by atoms with Crippen LogP contribution in [0.3, 0.4) is 0 Å². The second kappa shape index (κ2) is 8.09. The van der Waals surface area contributed by atoms with E-state index in [4.69, 9.17) is 10.5 Å². The molecule has 1 aliphatic heterocycles. The monoisotopic (exact) mass is 341 g/mol. The van der Waals surface area contributed by atoms with Gasteiger partial charge in [0.15, 0.2) is 0 Å². The Hall–Kier alpha value is -2.44. The van der Waals surface area contributed by atoms with E-state index >= 15 is 0 Å². The SMILES string of the molecule is NC(C(=O)NCC(=O)Nc1cccc2ccccc12)C1CCOCC1. The van der Waals surface area contributed by atoms with E-state index in [1.807, 2.05) is 42.5 Å². The molecule has 0 spiro atoms. The molecule has 0 saturated carbocycles. The average molecular weight is 341 g/mol. The molecule has 1 unspecified atom stereocenters. The van der Waals surface area contributed by atoms with Gasteiger partial charge in [0.05, 0.1) is 12.6 Å². The Labute approximate surface area is 146 Å². The van der Waals surface area contributed by atoms with Crippen LogP contribution in [0.15, 0.2) is 42.5 Å². The summed E-state index contributed by atoms with van der Waals surface area (Å²) in [5.74, 6) is -0.460. The molecule has 2 amide bonds. The van der Waals surface area contributed by atoms with E-state index in [-0.39, 0.29) is 24.3 Å². The fourth-order valence-electron chi connectivity index (χ4n) is 3.10. The fourth-order valence-corrected chi connectivity index (χ4v) is 3.10. The normalized spacial score (nSPS) is 16.4. The molecule has 6 nitrogen and oxygen atoms in total. The highest BCUT2D eigenvalue weighted by Crippen LogP contribution is 2.22. The van der Waals surface area contributed by atoms with Crippen LogP contribution in [0, 0.1) is 5.92 Å². The molecule has 6 heteroatoms. The Morgan fingerprint density at radius 3 is 2.64 bits per heavy atom. The van der Waals surface area contributed by atoms with Gasteiger partial charge in [0.25, 0.3) is 0 Å². The number of ether oxygens (including phenoxy) is 1. The number of nitrogens with one attached hydrogen (secondary N) is 2. The molecule has 2 aromatic carbocycles. The molecule has 0 bridgehead atoms. The number of fused-ring (bicyclic) bond motifs is 1. The van der Waals surface area contributed by atoms with Gasteiger partial charge < -0.3 is 21.1 Å². The zero-order valence-corrected chi connectivity index (χ0v) is 14.0. The summed E-state index contributed by atoms with van der Waals surface area (Å²) in [5.41, 5.74) is 6.73. The van der Waals surface area contributed by atoms with Crippen molar-refractivity contribution in [2.24, 2.45) is 11.7 Å². The van der Waals surface area contributed by atoms with Crippen molar-refractivity contribution in [3.8, 4) is 0 Å². The van der Waals surface area contributed by atoms with Crippen LogP contribution in [0.25, 0.3) is 10.8 Å². The first-order valence-electron chi connectivity index (χ1n) is 8.54. The largest absolute Gasteiger partial charge is 0.381 e. The molecule has 132 valence electrons. The summed E-state index contributed by atoms with van der Waals surface area (Å²) in [5, 5.41) is 7.48. The molecule has 3 rings (SSSR count). The molecule has 2 aromatic rings. The molecule has 1 heterocycles. The molecule has 1 fully saturated rings. The first-order chi connectivity index (χ1) is 12.1. The highest BCUT2D eigenvalue weighted by molar-refractivity contribution is 6.03. The summed E-state index contributed by atoms with van der Waals surface area (Å²) < 4.78 is 5.28. The molecule has 0 aliphatic carbocycles. The zero-order valence-electron chi connectivity index (χ0n) is 14.0. The summed E-state index contributed by atoms with van der Waals surface area (Å²) >= 11 is 0. The molecular weight excluding hydrogens is 318 g/mol. The molecule has 4 N–H and O–H groups in total. The third-order valence-electron chi connectivity index (χ3n) is 4.56. The van der Waals surface area contributed by atoms with E-state index in [9.17, 15) is 9.59 Å². The van der Waals surface area contributed by atoms with E-state index < -0.39 is 6.04 Å². The van der Waals surface area contributed by atoms with Gasteiger partial charge in [-0.15, -0.1) is 0 Å². The van der Waals surface area contributed by atoms with Gasteiger partial charge >= 0.3 is 0 Å². The van der Waals surface area contributed by atoms with E-state index in [1.165, 1.54) is 0 Å². The van der Waals surface area contributed by atoms with Crippen LogP contribution in [0.2, 0.25) is 0 Å². The number of hydrogen-bond acceptors (Lipinski definition) is 4. The first-order valence-corrected chi connectivity index (χ1v) is 8.54. The molecule has 0 aromatic heterocycles. The van der Waals surface area contributed by atoms with Gasteiger partial charge in [-0.05, 0) is 30.2 Å². The van der Waals surface area contributed by atoms with Crippen LogP contribution < -0.4 is 16.4 Å². The second-order valence-electron chi connectivity index (χ2n) is 6.27. The van der Waals surface area contributed by atoms with Crippen molar-refractivity contribution in [1.82, 2.24) is 5.32 Å². The molecule has 1 saturated heterocycles. The van der Waals surface area contributed by atoms with E-state index in [0.717, 1.165) is 29.3 Å². The number of amides is 2. The van der Waals surface area contributed by atoms with Crippen LogP contribution in [0.4, 0.5) is 5.69 Å². The van der Waals surface area contributed by atoms with Crippen molar-refractivity contribution >= 4 is 28.3 Å². The predicted octanol–water partition coefficient (Wildman–Crippen LogP) is 1.65. The first kappa shape index (κ1) is 17.4. The Bertz CT molecular complexity index is 751. The number of carbonyl (C=O) groups is 2. The minimum atomic E-state index is -0.603. The predicted molar refractivity (Wildman–Crippen MR) is 97.1 cm³/mol. The lowest BCUT2D eigenvalue weighted by atomic mass is 9.92. The number of nitrogens with two attached hydrogens (primary N) is 1. The third-order valence-corrected chi connectivity index (χ3v) is 4.56. The number of benzene rings is 2. The fraction of sp³-hybridized carbons (Fsp3) is 0.368. The second-order valence-corrected chi connectivity index (χ2v) is 6.27. The lowest BCUT2D eigenvalue weighted by molar-refractivity contribution is -0.126. The van der Waals surface area contributed by atoms with E-state index in [2.05, 4.69) is 10.6 Å². The quantitative estimate of drug-likeness (QED) is 0.771. The van der Waals surface area contributed by atoms with Gasteiger partial charge in [-0.2, -0.15) is 0 Å².